The number of hydrogen-bond acceptors (Lipinski definition) is 3. The molecule has 4 rings (SSSR count). The molecular weight excluding hydrogens is 342 g/mol. The van der Waals surface area contributed by atoms with E-state index >= 15 is 0 Å². The van der Waals surface area contributed by atoms with Gasteiger partial charge >= 0.3 is 0 Å². The van der Waals surface area contributed by atoms with Crippen molar-refractivity contribution in [3.8, 4) is 0 Å². The Balaban J connectivity index is 1.54. The first-order valence-electron chi connectivity index (χ1n) is 8.73. The summed E-state index contributed by atoms with van der Waals surface area (Å²) in [5.41, 5.74) is 4.37. The molecule has 0 bridgehead atoms. The number of nitrogens with one attached hydrogen (secondary N) is 2. The van der Waals surface area contributed by atoms with Crippen LogP contribution in [-0.4, -0.2) is 16.0 Å². The number of fused-ring (bicyclic) bond motifs is 1. The summed E-state index contributed by atoms with van der Waals surface area (Å²) < 4.78 is 2.09. The van der Waals surface area contributed by atoms with Gasteiger partial charge in [-0.25, -0.2) is 0 Å². The number of thioether (sulfide) groups is 1. The molecule has 0 spiro atoms. The monoisotopic (exact) mass is 363 g/mol. The summed E-state index contributed by atoms with van der Waals surface area (Å²) in [7, 11) is 2.02. The molecule has 26 heavy (non-hydrogen) atoms. The second-order valence-corrected chi connectivity index (χ2v) is 7.53. The second kappa shape index (κ2) is 6.92. The highest BCUT2D eigenvalue weighted by Gasteiger charge is 2.27. The number of carbonyl (C=O) groups is 1. The lowest BCUT2D eigenvalue weighted by atomic mass is 10.1. The number of aryl methyl sites for hydroxylation is 2. The molecule has 2 N–H and O–H groups in total. The first-order chi connectivity index (χ1) is 12.6. The fourth-order valence-corrected chi connectivity index (χ4v) is 4.16. The van der Waals surface area contributed by atoms with E-state index in [4.69, 9.17) is 0 Å². The topological polar surface area (TPSA) is 46.1 Å². The number of rotatable bonds is 4. The molecule has 1 aromatic heterocycles. The molecule has 1 aliphatic heterocycles. The summed E-state index contributed by atoms with van der Waals surface area (Å²) in [6.45, 7) is 2.14. The van der Waals surface area contributed by atoms with E-state index in [1.807, 2.05) is 25.3 Å². The quantitative estimate of drug-likeness (QED) is 0.678. The maximum absolute atomic E-state index is 12.4. The van der Waals surface area contributed by atoms with E-state index in [0.29, 0.717) is 0 Å². The molecule has 5 heteroatoms. The first-order valence-corrected chi connectivity index (χ1v) is 9.61. The molecule has 2 aromatic carbocycles. The third kappa shape index (κ3) is 3.22. The number of amides is 1. The molecule has 2 heterocycles. The van der Waals surface area contributed by atoms with Crippen molar-refractivity contribution in [2.75, 3.05) is 5.32 Å². The summed E-state index contributed by atoms with van der Waals surface area (Å²) in [5, 5.41) is 7.51. The van der Waals surface area contributed by atoms with Crippen molar-refractivity contribution >= 4 is 40.3 Å². The summed E-state index contributed by atoms with van der Waals surface area (Å²) in [6.07, 6.45) is 5.06. The van der Waals surface area contributed by atoms with Crippen LogP contribution in [0.5, 0.6) is 0 Å². The number of aromatic nitrogens is 1. The zero-order valence-electron chi connectivity index (χ0n) is 14.8. The lowest BCUT2D eigenvalue weighted by Crippen LogP contribution is -2.30. The number of carbonyl (C=O) groups excluding carboxylic acids is 1. The fourth-order valence-electron chi connectivity index (χ4n) is 3.18. The maximum atomic E-state index is 12.4. The molecule has 1 aliphatic rings. The third-order valence-corrected chi connectivity index (χ3v) is 5.63. The van der Waals surface area contributed by atoms with Gasteiger partial charge in [0.25, 0.3) is 5.91 Å². The Bertz CT molecular complexity index is 988. The average Bonchev–Trinajstić information content (AvgIpc) is 3.16. The second-order valence-electron chi connectivity index (χ2n) is 6.39. The van der Waals surface area contributed by atoms with E-state index in [0.717, 1.165) is 33.5 Å². The summed E-state index contributed by atoms with van der Waals surface area (Å²) in [4.78, 5) is 13.1. The molecule has 1 unspecified atom stereocenters. The minimum absolute atomic E-state index is 0.0365. The predicted molar refractivity (Wildman–Crippen MR) is 110 cm³/mol. The zero-order valence-corrected chi connectivity index (χ0v) is 15.6. The standard InChI is InChI=1S/C21H21N3OS/c1-3-14-8-10-16(11-9-14)22-21-23-20(25)19(26-21)12-15-13-24(2)18-7-5-4-6-17(15)18/h4-13,21-22H,3H2,1-2H3,(H,23,25)/b19-12-. The Morgan fingerprint density at radius 1 is 1.19 bits per heavy atom. The largest absolute Gasteiger partial charge is 0.357 e. The van der Waals surface area contributed by atoms with Gasteiger partial charge < -0.3 is 15.2 Å². The van der Waals surface area contributed by atoms with Gasteiger partial charge in [-0.3, -0.25) is 4.79 Å². The lowest BCUT2D eigenvalue weighted by molar-refractivity contribution is -0.116. The number of anilines is 1. The van der Waals surface area contributed by atoms with E-state index in [9.17, 15) is 4.79 Å². The van der Waals surface area contributed by atoms with Gasteiger partial charge in [0.1, 0.15) is 0 Å². The van der Waals surface area contributed by atoms with Crippen LogP contribution >= 0.6 is 11.8 Å². The molecule has 0 radical (unpaired) electrons. The highest BCUT2D eigenvalue weighted by molar-refractivity contribution is 8.05. The molecule has 3 aromatic rings. The van der Waals surface area contributed by atoms with Crippen LogP contribution in [0.15, 0.2) is 59.6 Å². The molecule has 0 aliphatic carbocycles. The van der Waals surface area contributed by atoms with Crippen molar-refractivity contribution in [3.05, 3.63) is 70.8 Å². The Labute approximate surface area is 157 Å². The van der Waals surface area contributed by atoms with Crippen molar-refractivity contribution in [3.63, 3.8) is 0 Å². The van der Waals surface area contributed by atoms with E-state index < -0.39 is 0 Å². The number of para-hydroxylation sites is 1. The van der Waals surface area contributed by atoms with Crippen molar-refractivity contribution in [1.82, 2.24) is 9.88 Å². The van der Waals surface area contributed by atoms with E-state index in [1.54, 1.807) is 0 Å². The first kappa shape index (κ1) is 16.8. The number of benzene rings is 2. The summed E-state index contributed by atoms with van der Waals surface area (Å²) in [6, 6.07) is 16.5. The smallest absolute Gasteiger partial charge is 0.260 e. The molecule has 132 valence electrons. The van der Waals surface area contributed by atoms with Crippen molar-refractivity contribution in [2.24, 2.45) is 7.05 Å². The van der Waals surface area contributed by atoms with E-state index in [-0.39, 0.29) is 11.4 Å². The van der Waals surface area contributed by atoms with Crippen LogP contribution in [0.3, 0.4) is 0 Å². The minimum atomic E-state index is -0.156. The predicted octanol–water partition coefficient (Wildman–Crippen LogP) is 4.34. The van der Waals surface area contributed by atoms with E-state index in [1.165, 1.54) is 17.3 Å². The van der Waals surface area contributed by atoms with Crippen LogP contribution in [0.25, 0.3) is 17.0 Å². The van der Waals surface area contributed by atoms with Crippen LogP contribution in [0.2, 0.25) is 0 Å². The van der Waals surface area contributed by atoms with Crippen LogP contribution in [0.4, 0.5) is 5.69 Å². The third-order valence-electron chi connectivity index (χ3n) is 4.61. The minimum Gasteiger partial charge on any atom is -0.357 e. The van der Waals surface area contributed by atoms with Crippen molar-refractivity contribution in [1.29, 1.82) is 0 Å². The fraction of sp³-hybridized carbons (Fsp3) is 0.190. The van der Waals surface area contributed by atoms with Gasteiger partial charge in [-0.05, 0) is 36.3 Å². The van der Waals surface area contributed by atoms with Crippen molar-refractivity contribution in [2.45, 2.75) is 18.8 Å². The molecule has 0 saturated carbocycles. The average molecular weight is 363 g/mol. The van der Waals surface area contributed by atoms with Gasteiger partial charge in [0, 0.05) is 35.4 Å². The highest BCUT2D eigenvalue weighted by atomic mass is 32.2. The highest BCUT2D eigenvalue weighted by Crippen LogP contribution is 2.32. The Kier molecular flexibility index (Phi) is 4.47. The maximum Gasteiger partial charge on any atom is 0.260 e. The molecule has 1 fully saturated rings. The molecule has 1 amide bonds. The Morgan fingerprint density at radius 2 is 1.96 bits per heavy atom. The van der Waals surface area contributed by atoms with Crippen LogP contribution in [-0.2, 0) is 18.3 Å². The van der Waals surface area contributed by atoms with Gasteiger partial charge in [0.15, 0.2) is 5.50 Å². The van der Waals surface area contributed by atoms with Crippen LogP contribution < -0.4 is 10.6 Å². The molecular formula is C21H21N3OS. The van der Waals surface area contributed by atoms with Gasteiger partial charge in [0.2, 0.25) is 0 Å². The number of hydrogen-bond donors (Lipinski definition) is 2. The zero-order chi connectivity index (χ0) is 18.1. The Morgan fingerprint density at radius 3 is 2.73 bits per heavy atom. The summed E-state index contributed by atoms with van der Waals surface area (Å²) >= 11 is 1.52. The van der Waals surface area contributed by atoms with Gasteiger partial charge in [-0.2, -0.15) is 0 Å². The van der Waals surface area contributed by atoms with Gasteiger partial charge in [-0.1, -0.05) is 49.0 Å². The Hall–Kier alpha value is -2.66. The van der Waals surface area contributed by atoms with E-state index in [2.05, 4.69) is 64.7 Å². The molecule has 1 saturated heterocycles. The van der Waals surface area contributed by atoms with Crippen LogP contribution in [0.1, 0.15) is 18.1 Å². The lowest BCUT2D eigenvalue weighted by Gasteiger charge is -2.12. The summed E-state index contributed by atoms with van der Waals surface area (Å²) in [5.74, 6) is -0.0365. The normalized spacial score (nSPS) is 18.5. The molecule has 1 atom stereocenters. The SMILES string of the molecule is CCc1ccc(NC2NC(=O)/C(=C/c3cn(C)c4ccccc34)S2)cc1. The van der Waals surface area contributed by atoms with Gasteiger partial charge in [-0.15, -0.1) is 0 Å². The van der Waals surface area contributed by atoms with Gasteiger partial charge in [0.05, 0.1) is 4.91 Å². The number of nitrogens with zero attached hydrogens (tertiary/aromatic N) is 1. The molecule has 4 nitrogen and oxygen atoms in total. The van der Waals surface area contributed by atoms with Crippen LogP contribution in [0, 0.1) is 0 Å². The van der Waals surface area contributed by atoms with Crippen molar-refractivity contribution < 1.29 is 4.79 Å².